The van der Waals surface area contributed by atoms with Crippen LogP contribution in [0.5, 0.6) is 11.5 Å². The number of fused-ring (bicyclic) bond motifs is 1. The van der Waals surface area contributed by atoms with E-state index in [4.69, 9.17) is 15.2 Å². The second-order valence-corrected chi connectivity index (χ2v) is 4.82. The number of nitrogen functional groups attached to an aromatic ring is 1. The molecule has 0 radical (unpaired) electrons. The van der Waals surface area contributed by atoms with Crippen LogP contribution in [0.2, 0.25) is 0 Å². The molecule has 0 atom stereocenters. The summed E-state index contributed by atoms with van der Waals surface area (Å²) in [5.41, 5.74) is 4.89. The lowest BCUT2D eigenvalue weighted by atomic mass is 10.1. The summed E-state index contributed by atoms with van der Waals surface area (Å²) in [5, 5.41) is 2.47. The first-order chi connectivity index (χ1) is 10.8. The minimum atomic E-state index is -4.49. The number of carbonyl (C=O) groups excluding carboxylic acids is 1. The molecule has 0 aromatic heterocycles. The average Bonchev–Trinajstić information content (AvgIpc) is 2.95. The van der Waals surface area contributed by atoms with Gasteiger partial charge in [-0.05, 0) is 36.4 Å². The normalized spacial score (nSPS) is 13.0. The minimum Gasteiger partial charge on any atom is -0.454 e. The third-order valence-electron chi connectivity index (χ3n) is 3.26. The van der Waals surface area contributed by atoms with E-state index in [1.54, 1.807) is 6.07 Å². The van der Waals surface area contributed by atoms with Crippen molar-refractivity contribution in [1.29, 1.82) is 0 Å². The lowest BCUT2D eigenvalue weighted by Gasteiger charge is -2.12. The monoisotopic (exact) mass is 324 g/mol. The summed E-state index contributed by atoms with van der Waals surface area (Å²) in [6.45, 7) is 0.0757. The fourth-order valence-electron chi connectivity index (χ4n) is 2.09. The van der Waals surface area contributed by atoms with Gasteiger partial charge in [0.2, 0.25) is 6.79 Å². The van der Waals surface area contributed by atoms with Crippen LogP contribution < -0.4 is 20.5 Å². The molecule has 2 aromatic rings. The first-order valence-electron chi connectivity index (χ1n) is 6.52. The molecule has 0 saturated carbocycles. The summed E-state index contributed by atoms with van der Waals surface area (Å²) in [6.07, 6.45) is -4.49. The van der Waals surface area contributed by atoms with Crippen LogP contribution in [-0.4, -0.2) is 12.7 Å². The van der Waals surface area contributed by atoms with Crippen LogP contribution in [0.1, 0.15) is 15.9 Å². The largest absolute Gasteiger partial charge is 0.454 e. The van der Waals surface area contributed by atoms with Crippen molar-refractivity contribution in [2.45, 2.75) is 6.18 Å². The van der Waals surface area contributed by atoms with Crippen molar-refractivity contribution in [1.82, 2.24) is 0 Å². The fraction of sp³-hybridized carbons (Fsp3) is 0.133. The zero-order valence-corrected chi connectivity index (χ0v) is 11.6. The molecule has 120 valence electrons. The van der Waals surface area contributed by atoms with Gasteiger partial charge in [0.1, 0.15) is 0 Å². The number of alkyl halides is 3. The summed E-state index contributed by atoms with van der Waals surface area (Å²) in [4.78, 5) is 12.2. The molecule has 0 bridgehead atoms. The molecule has 8 heteroatoms. The van der Waals surface area contributed by atoms with E-state index in [1.807, 2.05) is 0 Å². The second-order valence-electron chi connectivity index (χ2n) is 4.82. The summed E-state index contributed by atoms with van der Waals surface area (Å²) in [5.74, 6) is 0.434. The third-order valence-corrected chi connectivity index (χ3v) is 3.26. The Bertz CT molecular complexity index is 775. The number of hydrogen-bond donors (Lipinski definition) is 2. The molecular weight excluding hydrogens is 313 g/mol. The number of carbonyl (C=O) groups is 1. The third kappa shape index (κ3) is 3.01. The van der Waals surface area contributed by atoms with Crippen molar-refractivity contribution >= 4 is 17.3 Å². The van der Waals surface area contributed by atoms with Crippen LogP contribution in [0.25, 0.3) is 0 Å². The molecule has 23 heavy (non-hydrogen) atoms. The maximum absolute atomic E-state index is 12.6. The average molecular weight is 324 g/mol. The van der Waals surface area contributed by atoms with E-state index in [0.29, 0.717) is 11.5 Å². The number of nitrogens with one attached hydrogen (secondary N) is 1. The van der Waals surface area contributed by atoms with Crippen LogP contribution in [0, 0.1) is 0 Å². The van der Waals surface area contributed by atoms with Crippen molar-refractivity contribution in [2.24, 2.45) is 0 Å². The number of hydrogen-bond acceptors (Lipinski definition) is 4. The van der Waals surface area contributed by atoms with E-state index in [-0.39, 0.29) is 23.7 Å². The van der Waals surface area contributed by atoms with Gasteiger partial charge in [-0.25, -0.2) is 0 Å². The van der Waals surface area contributed by atoms with Crippen LogP contribution in [0.15, 0.2) is 36.4 Å². The molecule has 1 amide bonds. The number of anilines is 2. The lowest BCUT2D eigenvalue weighted by Crippen LogP contribution is -2.14. The maximum atomic E-state index is 12.6. The Labute approximate surface area is 128 Å². The van der Waals surface area contributed by atoms with Crippen molar-refractivity contribution in [3.05, 3.63) is 47.5 Å². The van der Waals surface area contributed by atoms with Crippen molar-refractivity contribution in [2.75, 3.05) is 17.8 Å². The molecule has 0 fully saturated rings. The Morgan fingerprint density at radius 1 is 1.09 bits per heavy atom. The van der Waals surface area contributed by atoms with Crippen LogP contribution >= 0.6 is 0 Å². The molecule has 2 aromatic carbocycles. The minimum absolute atomic E-state index is 0.0757. The van der Waals surface area contributed by atoms with E-state index in [1.165, 1.54) is 12.1 Å². The lowest BCUT2D eigenvalue weighted by molar-refractivity contribution is -0.137. The maximum Gasteiger partial charge on any atom is 0.416 e. The van der Waals surface area contributed by atoms with Gasteiger partial charge >= 0.3 is 6.18 Å². The zero-order chi connectivity index (χ0) is 16.6. The molecule has 3 rings (SSSR count). The zero-order valence-electron chi connectivity index (χ0n) is 11.6. The topological polar surface area (TPSA) is 73.6 Å². The molecule has 0 saturated heterocycles. The summed E-state index contributed by atoms with van der Waals surface area (Å²) in [7, 11) is 0. The van der Waals surface area contributed by atoms with E-state index < -0.39 is 17.6 Å². The molecule has 3 N–H and O–H groups in total. The highest BCUT2D eigenvalue weighted by Crippen LogP contribution is 2.34. The number of ether oxygens (including phenoxy) is 2. The SMILES string of the molecule is Nc1cc(C(F)(F)F)ccc1NC(=O)c1ccc2c(c1)OCO2. The smallest absolute Gasteiger partial charge is 0.416 e. The van der Waals surface area contributed by atoms with Crippen LogP contribution in [-0.2, 0) is 6.18 Å². The van der Waals surface area contributed by atoms with E-state index in [2.05, 4.69) is 5.32 Å². The van der Waals surface area contributed by atoms with Gasteiger partial charge in [-0.3, -0.25) is 4.79 Å². The Hall–Kier alpha value is -2.90. The van der Waals surface area contributed by atoms with Gasteiger partial charge < -0.3 is 20.5 Å². The fourth-order valence-corrected chi connectivity index (χ4v) is 2.09. The Kier molecular flexibility index (Phi) is 3.51. The quantitative estimate of drug-likeness (QED) is 0.832. The van der Waals surface area contributed by atoms with E-state index in [0.717, 1.165) is 18.2 Å². The summed E-state index contributed by atoms with van der Waals surface area (Å²) < 4.78 is 48.1. The molecule has 1 aliphatic heterocycles. The van der Waals surface area contributed by atoms with E-state index >= 15 is 0 Å². The summed E-state index contributed by atoms with van der Waals surface area (Å²) >= 11 is 0. The van der Waals surface area contributed by atoms with Gasteiger partial charge in [0.15, 0.2) is 11.5 Å². The predicted molar refractivity (Wildman–Crippen MR) is 76.4 cm³/mol. The van der Waals surface area contributed by atoms with Crippen molar-refractivity contribution < 1.29 is 27.4 Å². The van der Waals surface area contributed by atoms with Crippen molar-refractivity contribution in [3.8, 4) is 11.5 Å². The number of amides is 1. The first-order valence-corrected chi connectivity index (χ1v) is 6.52. The number of benzene rings is 2. The second kappa shape index (κ2) is 5.38. The molecule has 0 spiro atoms. The highest BCUT2D eigenvalue weighted by Gasteiger charge is 2.31. The van der Waals surface area contributed by atoms with Gasteiger partial charge in [0.05, 0.1) is 16.9 Å². The molecule has 1 aliphatic rings. The molecule has 0 unspecified atom stereocenters. The molecule has 1 heterocycles. The highest BCUT2D eigenvalue weighted by molar-refractivity contribution is 6.06. The number of rotatable bonds is 2. The van der Waals surface area contributed by atoms with Gasteiger partial charge in [-0.15, -0.1) is 0 Å². The molecule has 5 nitrogen and oxygen atoms in total. The standard InChI is InChI=1S/C15H11F3N2O3/c16-15(17,18)9-2-3-11(10(19)6-9)20-14(21)8-1-4-12-13(5-8)23-7-22-12/h1-6H,7,19H2,(H,20,21). The molecule has 0 aliphatic carbocycles. The van der Waals surface area contributed by atoms with Gasteiger partial charge in [-0.1, -0.05) is 0 Å². The highest BCUT2D eigenvalue weighted by atomic mass is 19.4. The number of nitrogens with two attached hydrogens (primary N) is 1. The number of halogens is 3. The van der Waals surface area contributed by atoms with Crippen LogP contribution in [0.4, 0.5) is 24.5 Å². The van der Waals surface area contributed by atoms with Gasteiger partial charge in [0.25, 0.3) is 5.91 Å². The first kappa shape index (κ1) is 15.0. The molecular formula is C15H11F3N2O3. The predicted octanol–water partition coefficient (Wildman–Crippen LogP) is 3.27. The van der Waals surface area contributed by atoms with Crippen LogP contribution in [0.3, 0.4) is 0 Å². The van der Waals surface area contributed by atoms with Crippen molar-refractivity contribution in [3.63, 3.8) is 0 Å². The van der Waals surface area contributed by atoms with Gasteiger partial charge in [0, 0.05) is 5.56 Å². The van der Waals surface area contributed by atoms with E-state index in [9.17, 15) is 18.0 Å². The Morgan fingerprint density at radius 3 is 2.52 bits per heavy atom. The Balaban J connectivity index is 1.80. The summed E-state index contributed by atoms with van der Waals surface area (Å²) in [6, 6.07) is 7.32. The Morgan fingerprint density at radius 2 is 1.83 bits per heavy atom. The van der Waals surface area contributed by atoms with Gasteiger partial charge in [-0.2, -0.15) is 13.2 Å².